The zero-order chi connectivity index (χ0) is 15.5. The van der Waals surface area contributed by atoms with Crippen LogP contribution >= 0.6 is 0 Å². The van der Waals surface area contributed by atoms with Gasteiger partial charge < -0.3 is 5.32 Å². The van der Waals surface area contributed by atoms with E-state index in [1.807, 2.05) is 6.92 Å². The molecule has 118 valence electrons. The molecule has 1 atom stereocenters. The van der Waals surface area contributed by atoms with Gasteiger partial charge in [-0.25, -0.2) is 4.39 Å². The molecule has 0 aliphatic heterocycles. The van der Waals surface area contributed by atoms with Crippen molar-refractivity contribution >= 4 is 0 Å². The van der Waals surface area contributed by atoms with Crippen LogP contribution in [0.15, 0.2) is 18.2 Å². The van der Waals surface area contributed by atoms with Crippen molar-refractivity contribution in [2.75, 3.05) is 6.54 Å². The molecule has 1 aliphatic rings. The molecule has 0 amide bonds. The first-order valence-electron chi connectivity index (χ1n) is 7.54. The summed E-state index contributed by atoms with van der Waals surface area (Å²) in [6, 6.07) is 3.25. The van der Waals surface area contributed by atoms with Crippen LogP contribution in [0.3, 0.4) is 0 Å². The average Bonchev–Trinajstić information content (AvgIpc) is 2.45. The van der Waals surface area contributed by atoms with Crippen LogP contribution in [0.25, 0.3) is 0 Å². The van der Waals surface area contributed by atoms with Gasteiger partial charge in [0.2, 0.25) is 0 Å². The molecule has 0 bridgehead atoms. The van der Waals surface area contributed by atoms with Gasteiger partial charge in [-0.3, -0.25) is 0 Å². The second-order valence-corrected chi connectivity index (χ2v) is 5.64. The van der Waals surface area contributed by atoms with Crippen LogP contribution in [0, 0.1) is 11.7 Å². The van der Waals surface area contributed by atoms with E-state index < -0.39 is 17.6 Å². The lowest BCUT2D eigenvalue weighted by atomic mass is 9.80. The molecule has 1 fully saturated rings. The number of alkyl halides is 3. The van der Waals surface area contributed by atoms with E-state index in [2.05, 4.69) is 5.32 Å². The Morgan fingerprint density at radius 1 is 1.19 bits per heavy atom. The highest BCUT2D eigenvalue weighted by Gasteiger charge is 2.36. The van der Waals surface area contributed by atoms with Crippen molar-refractivity contribution in [1.82, 2.24) is 5.32 Å². The average molecular weight is 303 g/mol. The van der Waals surface area contributed by atoms with Crippen LogP contribution in [0.4, 0.5) is 17.6 Å². The summed E-state index contributed by atoms with van der Waals surface area (Å²) in [7, 11) is 0. The fraction of sp³-hybridized carbons (Fsp3) is 0.625. The third-order valence-corrected chi connectivity index (χ3v) is 4.21. The number of hydrogen-bond donors (Lipinski definition) is 1. The first-order valence-corrected chi connectivity index (χ1v) is 7.54. The number of benzene rings is 1. The molecule has 0 spiro atoms. The van der Waals surface area contributed by atoms with Crippen LogP contribution < -0.4 is 5.32 Å². The fourth-order valence-corrected chi connectivity index (χ4v) is 3.23. The zero-order valence-corrected chi connectivity index (χ0v) is 12.1. The standard InChI is InChI=1S/C16H21F4N/c1-2-21-15(11-7-4-3-5-8-11)12-9-6-10-13(14(12)17)16(18,19)20/h6,9-11,15,21H,2-5,7-8H2,1H3. The Morgan fingerprint density at radius 2 is 1.86 bits per heavy atom. The molecule has 21 heavy (non-hydrogen) atoms. The molecule has 0 saturated heterocycles. The maximum Gasteiger partial charge on any atom is 0.419 e. The largest absolute Gasteiger partial charge is 0.419 e. The van der Waals surface area contributed by atoms with Crippen molar-refractivity contribution < 1.29 is 17.6 Å². The van der Waals surface area contributed by atoms with Gasteiger partial charge in [-0.15, -0.1) is 0 Å². The topological polar surface area (TPSA) is 12.0 Å². The molecule has 1 N–H and O–H groups in total. The van der Waals surface area contributed by atoms with Gasteiger partial charge >= 0.3 is 6.18 Å². The van der Waals surface area contributed by atoms with Crippen LogP contribution in [0.2, 0.25) is 0 Å². The number of nitrogens with one attached hydrogen (secondary N) is 1. The number of halogens is 4. The van der Waals surface area contributed by atoms with Gasteiger partial charge in [-0.1, -0.05) is 38.3 Å². The summed E-state index contributed by atoms with van der Waals surface area (Å²) in [5.41, 5.74) is -1.02. The highest BCUT2D eigenvalue weighted by atomic mass is 19.4. The van der Waals surface area contributed by atoms with E-state index >= 15 is 0 Å². The second kappa shape index (κ2) is 6.77. The molecule has 0 aromatic heterocycles. The van der Waals surface area contributed by atoms with Crippen molar-refractivity contribution in [3.05, 3.63) is 35.1 Å². The molecule has 1 nitrogen and oxygen atoms in total. The molecule has 1 aromatic rings. The maximum atomic E-state index is 14.3. The van der Waals surface area contributed by atoms with Crippen molar-refractivity contribution in [1.29, 1.82) is 0 Å². The van der Waals surface area contributed by atoms with E-state index in [0.29, 0.717) is 6.54 Å². The lowest BCUT2D eigenvalue weighted by Crippen LogP contribution is -2.31. The van der Waals surface area contributed by atoms with Gasteiger partial charge in [0.1, 0.15) is 5.82 Å². The Labute approximate surface area is 122 Å². The summed E-state index contributed by atoms with van der Waals surface area (Å²) in [4.78, 5) is 0. The molecule has 1 unspecified atom stereocenters. The van der Waals surface area contributed by atoms with E-state index in [1.54, 1.807) is 0 Å². The molecule has 1 aliphatic carbocycles. The summed E-state index contributed by atoms with van der Waals surface area (Å²) in [6.07, 6.45) is 0.505. The van der Waals surface area contributed by atoms with Gasteiger partial charge in [0.25, 0.3) is 0 Å². The summed E-state index contributed by atoms with van der Waals surface area (Å²) in [5, 5.41) is 3.18. The third kappa shape index (κ3) is 3.76. The molecule has 1 aromatic carbocycles. The van der Waals surface area contributed by atoms with Crippen LogP contribution in [0.1, 0.15) is 56.2 Å². The first-order chi connectivity index (χ1) is 9.95. The van der Waals surface area contributed by atoms with E-state index in [-0.39, 0.29) is 17.5 Å². The van der Waals surface area contributed by atoms with Crippen molar-refractivity contribution in [3.63, 3.8) is 0 Å². The lowest BCUT2D eigenvalue weighted by Gasteiger charge is -2.32. The van der Waals surface area contributed by atoms with E-state index in [4.69, 9.17) is 0 Å². The smallest absolute Gasteiger partial charge is 0.310 e. The zero-order valence-electron chi connectivity index (χ0n) is 12.1. The maximum absolute atomic E-state index is 14.3. The predicted octanol–water partition coefficient (Wildman–Crippen LogP) is 5.08. The summed E-state index contributed by atoms with van der Waals surface area (Å²) >= 11 is 0. The van der Waals surface area contributed by atoms with Gasteiger partial charge in [0.05, 0.1) is 5.56 Å². The second-order valence-electron chi connectivity index (χ2n) is 5.64. The van der Waals surface area contributed by atoms with Gasteiger partial charge in [-0.2, -0.15) is 13.2 Å². The number of rotatable bonds is 4. The number of hydrogen-bond acceptors (Lipinski definition) is 1. The van der Waals surface area contributed by atoms with Crippen molar-refractivity contribution in [2.45, 2.75) is 51.2 Å². The summed E-state index contributed by atoms with van der Waals surface area (Å²) in [5.74, 6) is -0.918. The van der Waals surface area contributed by atoms with E-state index in [1.165, 1.54) is 12.1 Å². The lowest BCUT2D eigenvalue weighted by molar-refractivity contribution is -0.140. The quantitative estimate of drug-likeness (QED) is 0.765. The molecule has 0 heterocycles. The van der Waals surface area contributed by atoms with Crippen molar-refractivity contribution in [2.24, 2.45) is 5.92 Å². The highest BCUT2D eigenvalue weighted by Crippen LogP contribution is 2.39. The fourth-order valence-electron chi connectivity index (χ4n) is 3.23. The Bertz CT molecular complexity index is 464. The van der Waals surface area contributed by atoms with Crippen LogP contribution in [-0.4, -0.2) is 6.54 Å². The molecule has 2 rings (SSSR count). The van der Waals surface area contributed by atoms with Crippen molar-refractivity contribution in [3.8, 4) is 0 Å². The van der Waals surface area contributed by atoms with Crippen LogP contribution in [0.5, 0.6) is 0 Å². The third-order valence-electron chi connectivity index (χ3n) is 4.21. The van der Waals surface area contributed by atoms with E-state index in [9.17, 15) is 17.6 Å². The van der Waals surface area contributed by atoms with E-state index in [0.717, 1.165) is 38.2 Å². The molecular formula is C16H21F4N. The van der Waals surface area contributed by atoms with Gasteiger partial charge in [0.15, 0.2) is 0 Å². The minimum absolute atomic E-state index is 0.151. The molecule has 1 saturated carbocycles. The Kier molecular flexibility index (Phi) is 5.25. The predicted molar refractivity (Wildman–Crippen MR) is 74.4 cm³/mol. The Morgan fingerprint density at radius 3 is 2.43 bits per heavy atom. The normalized spacial score (nSPS) is 18.7. The minimum Gasteiger partial charge on any atom is -0.310 e. The summed E-state index contributed by atoms with van der Waals surface area (Å²) < 4.78 is 52.9. The molecule has 0 radical (unpaired) electrons. The minimum atomic E-state index is -4.65. The molecule has 5 heteroatoms. The Balaban J connectivity index is 2.36. The highest BCUT2D eigenvalue weighted by molar-refractivity contribution is 5.31. The van der Waals surface area contributed by atoms with Crippen LogP contribution in [-0.2, 0) is 6.18 Å². The first kappa shape index (κ1) is 16.3. The van der Waals surface area contributed by atoms with Gasteiger partial charge in [-0.05, 0) is 31.4 Å². The monoisotopic (exact) mass is 303 g/mol. The van der Waals surface area contributed by atoms with Gasteiger partial charge in [0, 0.05) is 11.6 Å². The molecular weight excluding hydrogens is 282 g/mol. The Hall–Kier alpha value is -1.10. The summed E-state index contributed by atoms with van der Waals surface area (Å²) in [6.45, 7) is 2.50. The SMILES string of the molecule is CCNC(c1cccc(C(F)(F)F)c1F)C1CCCCC1.